The van der Waals surface area contributed by atoms with Gasteiger partial charge in [-0.3, -0.25) is 10.1 Å². The molecule has 9 heteroatoms. The zero-order valence-corrected chi connectivity index (χ0v) is 14.8. The van der Waals surface area contributed by atoms with Crippen molar-refractivity contribution in [2.24, 2.45) is 0 Å². The first-order valence-electron chi connectivity index (χ1n) is 7.86. The van der Waals surface area contributed by atoms with Crippen LogP contribution < -0.4 is 5.32 Å². The summed E-state index contributed by atoms with van der Waals surface area (Å²) in [6, 6.07) is 7.46. The Kier molecular flexibility index (Phi) is 4.21. The molecule has 136 valence electrons. The van der Waals surface area contributed by atoms with Gasteiger partial charge in [0.05, 0.1) is 12.8 Å². The number of rotatable bonds is 4. The van der Waals surface area contributed by atoms with Gasteiger partial charge < -0.3 is 14.7 Å². The van der Waals surface area contributed by atoms with Crippen LogP contribution in [0.15, 0.2) is 41.9 Å². The molecule has 0 aliphatic rings. The number of amides is 1. The molecule has 1 aromatic carbocycles. The van der Waals surface area contributed by atoms with Crippen LogP contribution in [0, 0.1) is 5.82 Å². The first kappa shape index (κ1) is 17.0. The van der Waals surface area contributed by atoms with Crippen LogP contribution in [-0.4, -0.2) is 33.9 Å². The first-order chi connectivity index (χ1) is 13.0. The maximum atomic E-state index is 13.3. The van der Waals surface area contributed by atoms with Gasteiger partial charge in [0.15, 0.2) is 5.13 Å². The molecule has 27 heavy (non-hydrogen) atoms. The summed E-state index contributed by atoms with van der Waals surface area (Å²) in [5.74, 6) is -1.21. The lowest BCUT2D eigenvalue weighted by molar-refractivity contribution is 0.0594. The van der Waals surface area contributed by atoms with E-state index in [0.717, 1.165) is 0 Å². The van der Waals surface area contributed by atoms with Crippen molar-refractivity contribution in [3.63, 3.8) is 0 Å². The SMILES string of the molecule is COC(=O)c1cc(-c2csc(NC(=O)c3cc4cc(F)ccc4[nH]3)n2)c[nH]1. The summed E-state index contributed by atoms with van der Waals surface area (Å²) in [4.78, 5) is 34.0. The highest BCUT2D eigenvalue weighted by Crippen LogP contribution is 2.26. The number of hydrogen-bond donors (Lipinski definition) is 3. The number of anilines is 1. The molecule has 4 rings (SSSR count). The normalized spacial score (nSPS) is 10.9. The van der Waals surface area contributed by atoms with Gasteiger partial charge >= 0.3 is 5.97 Å². The third-order valence-corrected chi connectivity index (χ3v) is 4.69. The van der Waals surface area contributed by atoms with Crippen LogP contribution >= 0.6 is 11.3 Å². The molecule has 0 saturated carbocycles. The van der Waals surface area contributed by atoms with Gasteiger partial charge in [-0.1, -0.05) is 0 Å². The second-order valence-electron chi connectivity index (χ2n) is 5.70. The van der Waals surface area contributed by atoms with E-state index in [2.05, 4.69) is 25.0 Å². The molecule has 0 spiro atoms. The highest BCUT2D eigenvalue weighted by Gasteiger charge is 2.15. The maximum absolute atomic E-state index is 13.3. The van der Waals surface area contributed by atoms with Gasteiger partial charge in [0.2, 0.25) is 0 Å². The van der Waals surface area contributed by atoms with Crippen LogP contribution in [0.25, 0.3) is 22.2 Å². The van der Waals surface area contributed by atoms with Crippen molar-refractivity contribution in [2.45, 2.75) is 0 Å². The van der Waals surface area contributed by atoms with Crippen molar-refractivity contribution in [3.8, 4) is 11.3 Å². The van der Waals surface area contributed by atoms with Crippen molar-refractivity contribution in [1.29, 1.82) is 0 Å². The quantitative estimate of drug-likeness (QED) is 0.466. The van der Waals surface area contributed by atoms with E-state index in [4.69, 9.17) is 0 Å². The predicted octanol–water partition coefficient (Wildman–Crippen LogP) is 3.80. The second-order valence-corrected chi connectivity index (χ2v) is 6.56. The lowest BCUT2D eigenvalue weighted by Crippen LogP contribution is -2.11. The summed E-state index contributed by atoms with van der Waals surface area (Å²) in [6.45, 7) is 0. The Labute approximate surface area is 156 Å². The average Bonchev–Trinajstić information content (AvgIpc) is 3.39. The largest absolute Gasteiger partial charge is 0.464 e. The molecule has 3 N–H and O–H groups in total. The number of nitrogens with one attached hydrogen (secondary N) is 3. The number of H-pyrrole nitrogens is 2. The van der Waals surface area contributed by atoms with Gasteiger partial charge in [-0.2, -0.15) is 0 Å². The van der Waals surface area contributed by atoms with Crippen molar-refractivity contribution in [2.75, 3.05) is 12.4 Å². The number of halogens is 1. The third kappa shape index (κ3) is 3.32. The molecule has 0 atom stereocenters. The standard InChI is InChI=1S/C18H13FN4O3S/c1-26-17(25)14-6-10(7-20-14)15-8-27-18(22-15)23-16(24)13-5-9-4-11(19)2-3-12(9)21-13/h2-8,20-21H,1H3,(H,22,23,24). The average molecular weight is 384 g/mol. The molecule has 0 bridgehead atoms. The number of ether oxygens (including phenoxy) is 1. The summed E-state index contributed by atoms with van der Waals surface area (Å²) < 4.78 is 17.9. The Bertz CT molecular complexity index is 1160. The van der Waals surface area contributed by atoms with Crippen molar-refractivity contribution in [1.82, 2.24) is 15.0 Å². The molecule has 4 aromatic rings. The first-order valence-corrected chi connectivity index (χ1v) is 8.74. The number of nitrogens with zero attached hydrogens (tertiary/aromatic N) is 1. The number of thiazole rings is 1. The fourth-order valence-electron chi connectivity index (χ4n) is 2.62. The van der Waals surface area contributed by atoms with E-state index in [1.165, 1.54) is 30.6 Å². The Balaban J connectivity index is 1.52. The minimum absolute atomic E-state index is 0.307. The van der Waals surface area contributed by atoms with E-state index < -0.39 is 5.97 Å². The number of carbonyl (C=O) groups excluding carboxylic acids is 2. The number of methoxy groups -OCH3 is 1. The van der Waals surface area contributed by atoms with E-state index >= 15 is 0 Å². The number of aromatic amines is 2. The van der Waals surface area contributed by atoms with Crippen molar-refractivity contribution < 1.29 is 18.7 Å². The monoisotopic (exact) mass is 384 g/mol. The van der Waals surface area contributed by atoms with Gasteiger partial charge in [-0.05, 0) is 30.3 Å². The molecule has 0 unspecified atom stereocenters. The third-order valence-electron chi connectivity index (χ3n) is 3.94. The molecular weight excluding hydrogens is 371 g/mol. The number of carbonyl (C=O) groups is 2. The number of hydrogen-bond acceptors (Lipinski definition) is 5. The molecule has 3 aromatic heterocycles. The number of esters is 1. The van der Waals surface area contributed by atoms with Crippen LogP contribution in [0.5, 0.6) is 0 Å². The lowest BCUT2D eigenvalue weighted by Gasteiger charge is -1.98. The van der Waals surface area contributed by atoms with Crippen LogP contribution in [0.4, 0.5) is 9.52 Å². The summed E-state index contributed by atoms with van der Waals surface area (Å²) >= 11 is 1.25. The number of benzene rings is 1. The van der Waals surface area contributed by atoms with Crippen LogP contribution in [0.2, 0.25) is 0 Å². The summed E-state index contributed by atoms with van der Waals surface area (Å²) in [5.41, 5.74) is 2.61. The van der Waals surface area contributed by atoms with Crippen molar-refractivity contribution in [3.05, 3.63) is 59.1 Å². The lowest BCUT2D eigenvalue weighted by atomic mass is 10.2. The summed E-state index contributed by atoms with van der Waals surface area (Å²) in [6.07, 6.45) is 1.64. The molecule has 3 heterocycles. The fraction of sp³-hybridized carbons (Fsp3) is 0.0556. The molecule has 1 amide bonds. The van der Waals surface area contributed by atoms with Crippen LogP contribution in [-0.2, 0) is 4.74 Å². The zero-order chi connectivity index (χ0) is 19.0. The second kappa shape index (κ2) is 6.69. The smallest absolute Gasteiger partial charge is 0.354 e. The highest BCUT2D eigenvalue weighted by molar-refractivity contribution is 7.14. The van der Waals surface area contributed by atoms with E-state index in [-0.39, 0.29) is 11.7 Å². The maximum Gasteiger partial charge on any atom is 0.354 e. The fourth-order valence-corrected chi connectivity index (χ4v) is 3.34. The minimum atomic E-state index is -0.472. The predicted molar refractivity (Wildman–Crippen MR) is 99.5 cm³/mol. The Morgan fingerprint density at radius 2 is 2.07 bits per heavy atom. The summed E-state index contributed by atoms with van der Waals surface area (Å²) in [5, 5.41) is 5.49. The van der Waals surface area contributed by atoms with Crippen LogP contribution in [0.1, 0.15) is 21.0 Å². The van der Waals surface area contributed by atoms with Gasteiger partial charge in [0.25, 0.3) is 5.91 Å². The Hall–Kier alpha value is -3.46. The Morgan fingerprint density at radius 1 is 1.22 bits per heavy atom. The van der Waals surface area contributed by atoms with E-state index in [1.807, 2.05) is 0 Å². The molecule has 0 radical (unpaired) electrons. The molecule has 0 aliphatic carbocycles. The minimum Gasteiger partial charge on any atom is -0.464 e. The number of fused-ring (bicyclic) bond motifs is 1. The molecule has 7 nitrogen and oxygen atoms in total. The van der Waals surface area contributed by atoms with E-state index in [9.17, 15) is 14.0 Å². The van der Waals surface area contributed by atoms with Gasteiger partial charge in [0.1, 0.15) is 17.2 Å². The van der Waals surface area contributed by atoms with Crippen molar-refractivity contribution >= 4 is 39.2 Å². The highest BCUT2D eigenvalue weighted by atomic mass is 32.1. The molecule has 0 fully saturated rings. The van der Waals surface area contributed by atoms with E-state index in [1.54, 1.807) is 29.8 Å². The van der Waals surface area contributed by atoms with E-state index in [0.29, 0.717) is 38.7 Å². The van der Waals surface area contributed by atoms with Crippen LogP contribution in [0.3, 0.4) is 0 Å². The molecular formula is C18H13FN4O3S. The Morgan fingerprint density at radius 3 is 2.89 bits per heavy atom. The summed E-state index contributed by atoms with van der Waals surface area (Å²) in [7, 11) is 1.30. The molecule has 0 saturated heterocycles. The zero-order valence-electron chi connectivity index (χ0n) is 14.0. The topological polar surface area (TPSA) is 99.9 Å². The van der Waals surface area contributed by atoms with Gasteiger partial charge in [-0.15, -0.1) is 11.3 Å². The van der Waals surface area contributed by atoms with Gasteiger partial charge in [-0.25, -0.2) is 14.2 Å². The number of aromatic nitrogens is 3. The molecule has 0 aliphatic heterocycles. The van der Waals surface area contributed by atoms with Gasteiger partial charge in [0, 0.05) is 28.0 Å².